The van der Waals surface area contributed by atoms with Crippen LogP contribution < -0.4 is 5.48 Å². The van der Waals surface area contributed by atoms with E-state index in [-0.39, 0.29) is 17.9 Å². The van der Waals surface area contributed by atoms with Crippen LogP contribution in [0.1, 0.15) is 46.7 Å². The van der Waals surface area contributed by atoms with E-state index < -0.39 is 5.97 Å². The molecule has 1 aliphatic rings. The monoisotopic (exact) mass is 495 g/mol. The number of hydroxylamine groups is 1. The fraction of sp³-hybridized carbons (Fsp3) is 0.269. The van der Waals surface area contributed by atoms with E-state index in [4.69, 9.17) is 25.9 Å². The fourth-order valence-electron chi connectivity index (χ4n) is 3.65. The van der Waals surface area contributed by atoms with Gasteiger partial charge in [0.1, 0.15) is 11.5 Å². The average molecular weight is 496 g/mol. The zero-order valence-corrected chi connectivity index (χ0v) is 20.0. The van der Waals surface area contributed by atoms with Gasteiger partial charge in [0.05, 0.1) is 7.11 Å². The third kappa shape index (κ3) is 6.79. The summed E-state index contributed by atoms with van der Waals surface area (Å²) in [6.45, 7) is 0.646. The quantitative estimate of drug-likeness (QED) is 0.267. The van der Waals surface area contributed by atoms with Crippen molar-refractivity contribution in [3.05, 3.63) is 82.3 Å². The van der Waals surface area contributed by atoms with Crippen molar-refractivity contribution in [2.24, 2.45) is 0 Å². The Labute approximate surface area is 208 Å². The number of nitrogens with one attached hydrogen (secondary N) is 2. The molecule has 4 rings (SSSR count). The number of rotatable bonds is 8. The molecule has 1 unspecified atom stereocenters. The molecule has 35 heavy (non-hydrogen) atoms. The van der Waals surface area contributed by atoms with Crippen LogP contribution in [0, 0.1) is 0 Å². The van der Waals surface area contributed by atoms with Crippen molar-refractivity contribution < 1.29 is 23.9 Å². The van der Waals surface area contributed by atoms with Crippen LogP contribution >= 0.6 is 11.6 Å². The van der Waals surface area contributed by atoms with E-state index in [9.17, 15) is 9.59 Å². The van der Waals surface area contributed by atoms with E-state index in [1.165, 1.54) is 13.2 Å². The number of benzene rings is 2. The summed E-state index contributed by atoms with van der Waals surface area (Å²) in [6, 6.07) is 14.8. The molecule has 2 N–H and O–H groups in total. The van der Waals surface area contributed by atoms with Gasteiger partial charge in [-0.05, 0) is 42.2 Å². The van der Waals surface area contributed by atoms with Gasteiger partial charge in [-0.25, -0.2) is 20.1 Å². The van der Waals surface area contributed by atoms with Gasteiger partial charge in [-0.3, -0.25) is 4.79 Å². The molecule has 1 aliphatic heterocycles. The summed E-state index contributed by atoms with van der Waals surface area (Å²) in [7, 11) is 1.33. The zero-order chi connectivity index (χ0) is 24.6. The van der Waals surface area contributed by atoms with Crippen LogP contribution in [0.5, 0.6) is 0 Å². The van der Waals surface area contributed by atoms with Crippen LogP contribution in [0.25, 0.3) is 17.3 Å². The number of ether oxygens (including phenoxy) is 2. The second kappa shape index (κ2) is 11.8. The standard InChI is InChI=1S/C26H26ClN3O5/c1-33-26(32)25-24(19-10-12-20(27)13-11-19)28-21(29-25)16-18-7-5-17(6-8-18)9-14-22(31)30-35-23-4-2-3-15-34-23/h5-14,23H,2-4,15-16H2,1H3,(H,28,29)(H,30,31)/b14-9+. The van der Waals surface area contributed by atoms with E-state index in [1.807, 2.05) is 24.3 Å². The lowest BCUT2D eigenvalue weighted by molar-refractivity contribution is -0.198. The first kappa shape index (κ1) is 24.7. The third-order valence-corrected chi connectivity index (χ3v) is 5.72. The Morgan fingerprint density at radius 3 is 2.63 bits per heavy atom. The maximum absolute atomic E-state index is 12.3. The van der Waals surface area contributed by atoms with Crippen LogP contribution in [0.15, 0.2) is 54.6 Å². The molecule has 0 bridgehead atoms. The fourth-order valence-corrected chi connectivity index (χ4v) is 3.77. The van der Waals surface area contributed by atoms with Gasteiger partial charge in [-0.2, -0.15) is 0 Å². The van der Waals surface area contributed by atoms with Gasteiger partial charge >= 0.3 is 5.97 Å². The maximum atomic E-state index is 12.3. The number of methoxy groups -OCH3 is 1. The predicted octanol–water partition coefficient (Wildman–Crippen LogP) is 4.70. The molecule has 1 atom stereocenters. The minimum atomic E-state index is -0.494. The largest absolute Gasteiger partial charge is 0.464 e. The number of aromatic nitrogens is 2. The molecule has 2 heterocycles. The van der Waals surface area contributed by atoms with Gasteiger partial charge in [-0.1, -0.05) is 48.0 Å². The topological polar surface area (TPSA) is 103 Å². The van der Waals surface area contributed by atoms with Gasteiger partial charge in [0.15, 0.2) is 12.0 Å². The van der Waals surface area contributed by atoms with E-state index in [0.717, 1.165) is 36.0 Å². The smallest absolute Gasteiger partial charge is 0.356 e. The van der Waals surface area contributed by atoms with Crippen molar-refractivity contribution in [1.82, 2.24) is 15.4 Å². The van der Waals surface area contributed by atoms with E-state index >= 15 is 0 Å². The van der Waals surface area contributed by atoms with Crippen LogP contribution in [0.3, 0.4) is 0 Å². The van der Waals surface area contributed by atoms with Crippen LogP contribution in [-0.2, 0) is 25.5 Å². The van der Waals surface area contributed by atoms with Crippen LogP contribution in [-0.4, -0.2) is 41.9 Å². The molecule has 1 saturated heterocycles. The number of carbonyl (C=O) groups is 2. The Hall–Kier alpha value is -3.46. The number of carbonyl (C=O) groups excluding carboxylic acids is 2. The Bertz CT molecular complexity index is 1180. The molecule has 2 aromatic carbocycles. The number of esters is 1. The minimum absolute atomic E-state index is 0.288. The highest BCUT2D eigenvalue weighted by atomic mass is 35.5. The summed E-state index contributed by atoms with van der Waals surface area (Å²) in [5, 5.41) is 0.599. The predicted molar refractivity (Wildman–Crippen MR) is 131 cm³/mol. The molecule has 0 saturated carbocycles. The normalized spacial score (nSPS) is 15.8. The summed E-state index contributed by atoms with van der Waals surface area (Å²) in [5.41, 5.74) is 5.79. The number of amides is 1. The summed E-state index contributed by atoms with van der Waals surface area (Å²) >= 11 is 5.98. The van der Waals surface area contributed by atoms with Crippen molar-refractivity contribution in [3.8, 4) is 11.3 Å². The van der Waals surface area contributed by atoms with Crippen molar-refractivity contribution >= 4 is 29.6 Å². The second-order valence-electron chi connectivity index (χ2n) is 8.04. The van der Waals surface area contributed by atoms with Crippen molar-refractivity contribution in [2.45, 2.75) is 32.0 Å². The molecule has 1 aromatic heterocycles. The van der Waals surface area contributed by atoms with Crippen molar-refractivity contribution in [3.63, 3.8) is 0 Å². The minimum Gasteiger partial charge on any atom is -0.464 e. The van der Waals surface area contributed by atoms with Crippen molar-refractivity contribution in [2.75, 3.05) is 13.7 Å². The molecule has 9 heteroatoms. The number of hydrogen-bond acceptors (Lipinski definition) is 6. The molecule has 0 radical (unpaired) electrons. The van der Waals surface area contributed by atoms with Gasteiger partial charge < -0.3 is 14.5 Å². The highest BCUT2D eigenvalue weighted by Crippen LogP contribution is 2.25. The lowest BCUT2D eigenvalue weighted by atomic mass is 10.1. The molecule has 0 spiro atoms. The summed E-state index contributed by atoms with van der Waals surface area (Å²) in [6.07, 6.45) is 6.01. The first-order chi connectivity index (χ1) is 17.0. The highest BCUT2D eigenvalue weighted by molar-refractivity contribution is 6.30. The Balaban J connectivity index is 1.39. The van der Waals surface area contributed by atoms with Crippen molar-refractivity contribution in [1.29, 1.82) is 0 Å². The van der Waals surface area contributed by atoms with Gasteiger partial charge in [0.2, 0.25) is 0 Å². The maximum Gasteiger partial charge on any atom is 0.356 e. The molecule has 1 fully saturated rings. The van der Waals surface area contributed by atoms with Gasteiger partial charge in [-0.15, -0.1) is 0 Å². The molecule has 1 amide bonds. The van der Waals surface area contributed by atoms with E-state index in [0.29, 0.717) is 29.6 Å². The van der Waals surface area contributed by atoms with Gasteiger partial charge in [0.25, 0.3) is 5.91 Å². The van der Waals surface area contributed by atoms with Gasteiger partial charge in [0, 0.05) is 36.1 Å². The van der Waals surface area contributed by atoms with Crippen LogP contribution in [0.4, 0.5) is 0 Å². The Morgan fingerprint density at radius 2 is 1.94 bits per heavy atom. The third-order valence-electron chi connectivity index (χ3n) is 5.47. The zero-order valence-electron chi connectivity index (χ0n) is 19.3. The molecule has 3 aromatic rings. The Morgan fingerprint density at radius 1 is 1.17 bits per heavy atom. The number of imidazole rings is 1. The van der Waals surface area contributed by atoms with Crippen LogP contribution in [0.2, 0.25) is 5.02 Å². The lowest BCUT2D eigenvalue weighted by Gasteiger charge is -2.21. The molecular weight excluding hydrogens is 470 g/mol. The molecule has 0 aliphatic carbocycles. The molecule has 182 valence electrons. The summed E-state index contributed by atoms with van der Waals surface area (Å²) < 4.78 is 10.3. The summed E-state index contributed by atoms with van der Waals surface area (Å²) in [4.78, 5) is 37.2. The first-order valence-corrected chi connectivity index (χ1v) is 11.7. The number of aromatic amines is 1. The lowest BCUT2D eigenvalue weighted by Crippen LogP contribution is -2.32. The number of H-pyrrole nitrogens is 1. The summed E-state index contributed by atoms with van der Waals surface area (Å²) in [5.74, 6) is -0.226. The molecular formula is C26H26ClN3O5. The van der Waals surface area contributed by atoms with E-state index in [1.54, 1.807) is 30.3 Å². The Kier molecular flexibility index (Phi) is 8.31. The first-order valence-electron chi connectivity index (χ1n) is 11.3. The average Bonchev–Trinajstić information content (AvgIpc) is 3.31. The van der Waals surface area contributed by atoms with E-state index in [2.05, 4.69) is 15.4 Å². The number of hydrogen-bond donors (Lipinski definition) is 2. The highest BCUT2D eigenvalue weighted by Gasteiger charge is 2.19. The second-order valence-corrected chi connectivity index (χ2v) is 8.47. The number of halogens is 1. The SMILES string of the molecule is COC(=O)c1[nH]c(Cc2ccc(/C=C/C(=O)NOC3CCCCO3)cc2)nc1-c1ccc(Cl)cc1. The molecule has 8 nitrogen and oxygen atoms in total. The number of nitrogens with zero attached hydrogens (tertiary/aromatic N) is 1.